The van der Waals surface area contributed by atoms with Crippen molar-refractivity contribution in [3.05, 3.63) is 70.5 Å². The Hall–Kier alpha value is -3.26. The van der Waals surface area contributed by atoms with Crippen LogP contribution in [0.5, 0.6) is 0 Å². The topological polar surface area (TPSA) is 97.6 Å². The number of fused-ring (bicyclic) bond motifs is 1. The fourth-order valence-electron chi connectivity index (χ4n) is 2.91. The first-order valence-electron chi connectivity index (χ1n) is 7.87. The molecular formula is C17H14ClN7O. The van der Waals surface area contributed by atoms with Crippen LogP contribution in [0.15, 0.2) is 59.9 Å². The molecule has 0 radical (unpaired) electrons. The number of carbonyl (C=O) groups is 1. The second kappa shape index (κ2) is 6.57. The van der Waals surface area contributed by atoms with Crippen molar-refractivity contribution in [1.29, 1.82) is 0 Å². The lowest BCUT2D eigenvalue weighted by Gasteiger charge is -2.28. The lowest BCUT2D eigenvalue weighted by molar-refractivity contribution is -0.113. The fourth-order valence-corrected chi connectivity index (χ4v) is 3.15. The van der Waals surface area contributed by atoms with Gasteiger partial charge in [-0.3, -0.25) is 4.79 Å². The molecule has 1 amide bonds. The highest BCUT2D eigenvalue weighted by molar-refractivity contribution is 6.31. The number of pyridine rings is 1. The number of hydrogen-bond acceptors (Lipinski definition) is 6. The maximum atomic E-state index is 13.0. The number of rotatable bonds is 3. The summed E-state index contributed by atoms with van der Waals surface area (Å²) in [4.78, 5) is 17.2. The molecule has 2 aromatic heterocycles. The predicted octanol–water partition coefficient (Wildman–Crippen LogP) is 2.65. The molecule has 3 heterocycles. The van der Waals surface area contributed by atoms with Crippen LogP contribution in [0.25, 0.3) is 0 Å². The standard InChI is InChI=1S/C17H14ClN7O/c1-10-14(16(26)21-13-8-4-5-9-19-13)15(11-6-2-3-7-12(11)18)25-17(20-10)22-23-24-25/h2-9,15H,1H3,(H,19,21,26)(H,20,22,24)/t15-/m0/s1. The van der Waals surface area contributed by atoms with Crippen LogP contribution in [-0.4, -0.2) is 31.1 Å². The molecule has 0 aliphatic carbocycles. The smallest absolute Gasteiger partial charge is 0.257 e. The fraction of sp³-hybridized carbons (Fsp3) is 0.118. The molecule has 2 N–H and O–H groups in total. The molecular weight excluding hydrogens is 354 g/mol. The molecule has 0 bridgehead atoms. The molecule has 26 heavy (non-hydrogen) atoms. The van der Waals surface area contributed by atoms with Crippen molar-refractivity contribution in [1.82, 2.24) is 25.2 Å². The van der Waals surface area contributed by atoms with Crippen LogP contribution in [0.4, 0.5) is 11.8 Å². The van der Waals surface area contributed by atoms with E-state index in [2.05, 4.69) is 31.1 Å². The molecule has 0 saturated heterocycles. The lowest BCUT2D eigenvalue weighted by Crippen LogP contribution is -2.31. The molecule has 0 unspecified atom stereocenters. The monoisotopic (exact) mass is 367 g/mol. The van der Waals surface area contributed by atoms with Crippen molar-refractivity contribution in [2.24, 2.45) is 0 Å². The van der Waals surface area contributed by atoms with Crippen molar-refractivity contribution >= 4 is 29.3 Å². The molecule has 3 aromatic rings. The van der Waals surface area contributed by atoms with Gasteiger partial charge in [0, 0.05) is 22.5 Å². The third kappa shape index (κ3) is 2.80. The number of amides is 1. The highest BCUT2D eigenvalue weighted by Gasteiger charge is 2.35. The first kappa shape index (κ1) is 16.2. The number of nitrogens with zero attached hydrogens (tertiary/aromatic N) is 5. The van der Waals surface area contributed by atoms with Gasteiger partial charge in [-0.05, 0) is 35.5 Å². The molecule has 4 rings (SSSR count). The second-order valence-corrected chi connectivity index (χ2v) is 6.11. The average Bonchev–Trinajstić information content (AvgIpc) is 3.10. The van der Waals surface area contributed by atoms with Gasteiger partial charge in [0.05, 0.1) is 5.57 Å². The summed E-state index contributed by atoms with van der Waals surface area (Å²) in [6, 6.07) is 12.1. The van der Waals surface area contributed by atoms with E-state index in [1.54, 1.807) is 42.1 Å². The maximum Gasteiger partial charge on any atom is 0.257 e. The van der Waals surface area contributed by atoms with Gasteiger partial charge in [0.2, 0.25) is 5.95 Å². The number of hydrogen-bond donors (Lipinski definition) is 2. The van der Waals surface area contributed by atoms with E-state index < -0.39 is 6.04 Å². The van der Waals surface area contributed by atoms with Gasteiger partial charge in [-0.15, -0.1) is 0 Å². The van der Waals surface area contributed by atoms with Crippen molar-refractivity contribution in [2.75, 3.05) is 10.6 Å². The summed E-state index contributed by atoms with van der Waals surface area (Å²) >= 11 is 6.40. The number of allylic oxidation sites excluding steroid dienone is 1. The first-order chi connectivity index (χ1) is 12.6. The molecule has 0 saturated carbocycles. The summed E-state index contributed by atoms with van der Waals surface area (Å²) in [6.07, 6.45) is 1.61. The first-order valence-corrected chi connectivity index (χ1v) is 8.25. The summed E-state index contributed by atoms with van der Waals surface area (Å²) in [5, 5.41) is 18.1. The van der Waals surface area contributed by atoms with E-state index >= 15 is 0 Å². The van der Waals surface area contributed by atoms with E-state index in [0.29, 0.717) is 28.1 Å². The highest BCUT2D eigenvalue weighted by atomic mass is 35.5. The van der Waals surface area contributed by atoms with Crippen molar-refractivity contribution in [3.8, 4) is 0 Å². The second-order valence-electron chi connectivity index (χ2n) is 5.70. The third-order valence-corrected chi connectivity index (χ3v) is 4.41. The predicted molar refractivity (Wildman–Crippen MR) is 96.6 cm³/mol. The Morgan fingerprint density at radius 3 is 2.81 bits per heavy atom. The Kier molecular flexibility index (Phi) is 4.10. The number of benzene rings is 1. The Balaban J connectivity index is 1.80. The summed E-state index contributed by atoms with van der Waals surface area (Å²) < 4.78 is 1.54. The van der Waals surface area contributed by atoms with Crippen molar-refractivity contribution in [3.63, 3.8) is 0 Å². The number of carbonyl (C=O) groups excluding carboxylic acids is 1. The van der Waals surface area contributed by atoms with Crippen LogP contribution < -0.4 is 10.6 Å². The van der Waals surface area contributed by atoms with Crippen LogP contribution >= 0.6 is 11.6 Å². The van der Waals surface area contributed by atoms with Gasteiger partial charge in [-0.1, -0.05) is 41.0 Å². The van der Waals surface area contributed by atoms with E-state index in [1.165, 1.54) is 0 Å². The van der Waals surface area contributed by atoms with Crippen LogP contribution in [0.2, 0.25) is 5.02 Å². The summed E-state index contributed by atoms with van der Waals surface area (Å²) in [5.41, 5.74) is 1.84. The van der Waals surface area contributed by atoms with Crippen LogP contribution in [0.1, 0.15) is 18.5 Å². The SMILES string of the molecule is CC1=C(C(=O)Nc2ccccn2)[C@H](c2ccccc2Cl)n2nnnc2N1. The van der Waals surface area contributed by atoms with Gasteiger partial charge in [-0.25, -0.2) is 4.98 Å². The van der Waals surface area contributed by atoms with Gasteiger partial charge in [0.15, 0.2) is 0 Å². The highest BCUT2D eigenvalue weighted by Crippen LogP contribution is 2.37. The molecule has 8 nitrogen and oxygen atoms in total. The Labute approximate surface area is 153 Å². The van der Waals surface area contributed by atoms with E-state index in [0.717, 1.165) is 5.56 Å². The number of tetrazole rings is 1. The molecule has 0 fully saturated rings. The van der Waals surface area contributed by atoms with Gasteiger partial charge in [0.25, 0.3) is 5.91 Å². The summed E-state index contributed by atoms with van der Waals surface area (Å²) in [7, 11) is 0. The lowest BCUT2D eigenvalue weighted by atomic mass is 9.95. The molecule has 9 heteroatoms. The van der Waals surface area contributed by atoms with Crippen LogP contribution in [-0.2, 0) is 4.79 Å². The molecule has 0 spiro atoms. The maximum absolute atomic E-state index is 13.0. The summed E-state index contributed by atoms with van der Waals surface area (Å²) in [5.74, 6) is 0.597. The minimum Gasteiger partial charge on any atom is -0.326 e. The average molecular weight is 368 g/mol. The van der Waals surface area contributed by atoms with E-state index in [9.17, 15) is 4.79 Å². The van der Waals surface area contributed by atoms with Crippen molar-refractivity contribution < 1.29 is 4.79 Å². The minimum absolute atomic E-state index is 0.306. The van der Waals surface area contributed by atoms with Crippen molar-refractivity contribution in [2.45, 2.75) is 13.0 Å². The van der Waals surface area contributed by atoms with Crippen LogP contribution in [0.3, 0.4) is 0 Å². The molecule has 1 aliphatic heterocycles. The zero-order valence-electron chi connectivity index (χ0n) is 13.7. The molecule has 1 aromatic carbocycles. The van der Waals surface area contributed by atoms with Gasteiger partial charge >= 0.3 is 0 Å². The third-order valence-electron chi connectivity index (χ3n) is 4.07. The number of aromatic nitrogens is 5. The summed E-state index contributed by atoms with van der Waals surface area (Å²) in [6.45, 7) is 1.80. The molecule has 1 atom stereocenters. The van der Waals surface area contributed by atoms with Crippen LogP contribution in [0, 0.1) is 0 Å². The van der Waals surface area contributed by atoms with E-state index in [1.807, 2.05) is 18.2 Å². The zero-order chi connectivity index (χ0) is 18.1. The van der Waals surface area contributed by atoms with Gasteiger partial charge < -0.3 is 10.6 Å². The minimum atomic E-state index is -0.557. The largest absolute Gasteiger partial charge is 0.326 e. The van der Waals surface area contributed by atoms with E-state index in [-0.39, 0.29) is 5.91 Å². The van der Waals surface area contributed by atoms with Gasteiger partial charge in [0.1, 0.15) is 11.9 Å². The number of nitrogens with one attached hydrogen (secondary N) is 2. The number of anilines is 2. The Morgan fingerprint density at radius 1 is 1.23 bits per heavy atom. The Morgan fingerprint density at radius 2 is 2.04 bits per heavy atom. The Bertz CT molecular complexity index is 999. The zero-order valence-corrected chi connectivity index (χ0v) is 14.5. The number of halogens is 1. The normalized spacial score (nSPS) is 16.0. The molecule has 130 valence electrons. The quantitative estimate of drug-likeness (QED) is 0.738. The van der Waals surface area contributed by atoms with E-state index in [4.69, 9.17) is 11.6 Å². The molecule has 1 aliphatic rings. The van der Waals surface area contributed by atoms with Gasteiger partial charge in [-0.2, -0.15) is 4.68 Å².